The molecule has 1 aromatic carbocycles. The fraction of sp³-hybridized carbons (Fsp3) is 0.176. The van der Waals surface area contributed by atoms with Crippen LogP contribution in [0.1, 0.15) is 27.8 Å². The predicted octanol–water partition coefficient (Wildman–Crippen LogP) is 1.89. The summed E-state index contributed by atoms with van der Waals surface area (Å²) in [5.74, 6) is 0.685. The predicted molar refractivity (Wildman–Crippen MR) is 88.8 cm³/mol. The van der Waals surface area contributed by atoms with Gasteiger partial charge < -0.3 is 20.2 Å². The summed E-state index contributed by atoms with van der Waals surface area (Å²) >= 11 is 0. The molecule has 0 saturated heterocycles. The Morgan fingerprint density at radius 2 is 2.16 bits per heavy atom. The highest BCUT2D eigenvalue weighted by Gasteiger charge is 2.27. The molecule has 3 aromatic rings. The third-order valence-corrected chi connectivity index (χ3v) is 3.95. The highest BCUT2D eigenvalue weighted by Crippen LogP contribution is 2.32. The van der Waals surface area contributed by atoms with Crippen LogP contribution in [0, 0.1) is 6.92 Å². The summed E-state index contributed by atoms with van der Waals surface area (Å²) in [5.41, 5.74) is 7.84. The Bertz CT molecular complexity index is 939. The first-order valence-corrected chi connectivity index (χ1v) is 7.70. The Kier molecular flexibility index (Phi) is 3.57. The molecular formula is C17H15N5O3. The SMILES string of the molecule is Cc1nc(C(=O)N[C@H]2COc3ccccc32)c(N)nc1-c1ncco1. The number of nitrogens with two attached hydrogens (primary N) is 1. The normalized spacial score (nSPS) is 15.5. The molecule has 2 aromatic heterocycles. The lowest BCUT2D eigenvalue weighted by molar-refractivity contribution is 0.0925. The van der Waals surface area contributed by atoms with Crippen molar-refractivity contribution in [3.8, 4) is 17.3 Å². The van der Waals surface area contributed by atoms with E-state index in [0.29, 0.717) is 23.9 Å². The second-order valence-corrected chi connectivity index (χ2v) is 5.60. The summed E-state index contributed by atoms with van der Waals surface area (Å²) in [6.45, 7) is 2.09. The molecule has 126 valence electrons. The number of nitrogens with zero attached hydrogens (tertiary/aromatic N) is 3. The number of ether oxygens (including phenoxy) is 1. The standard InChI is InChI=1S/C17H15N5O3/c1-9-13(17-19-6-7-24-17)22-15(18)14(20-9)16(23)21-11-8-25-12-5-3-2-4-10(11)12/h2-7,11H,8H2,1H3,(H2,18,22)(H,21,23)/t11-/m0/s1. The van der Waals surface area contributed by atoms with Gasteiger partial charge in [0.25, 0.3) is 5.91 Å². The van der Waals surface area contributed by atoms with Crippen molar-refractivity contribution >= 4 is 11.7 Å². The molecule has 25 heavy (non-hydrogen) atoms. The fourth-order valence-electron chi connectivity index (χ4n) is 2.75. The first kappa shape index (κ1) is 15.1. The molecule has 0 saturated carbocycles. The van der Waals surface area contributed by atoms with Crippen LogP contribution in [-0.2, 0) is 0 Å². The van der Waals surface area contributed by atoms with Gasteiger partial charge in [-0.2, -0.15) is 0 Å². The first-order chi connectivity index (χ1) is 12.1. The molecule has 0 unspecified atom stereocenters. The van der Waals surface area contributed by atoms with Gasteiger partial charge in [0.05, 0.1) is 17.9 Å². The summed E-state index contributed by atoms with van der Waals surface area (Å²) < 4.78 is 10.8. The zero-order valence-corrected chi connectivity index (χ0v) is 13.4. The minimum Gasteiger partial charge on any atom is -0.491 e. The van der Waals surface area contributed by atoms with Crippen molar-refractivity contribution < 1.29 is 13.9 Å². The maximum atomic E-state index is 12.6. The number of oxazole rings is 1. The maximum Gasteiger partial charge on any atom is 0.274 e. The number of carbonyl (C=O) groups is 1. The van der Waals surface area contributed by atoms with Gasteiger partial charge >= 0.3 is 0 Å². The van der Waals surface area contributed by atoms with Crippen LogP contribution in [0.15, 0.2) is 41.1 Å². The van der Waals surface area contributed by atoms with Gasteiger partial charge in [-0.05, 0) is 13.0 Å². The van der Waals surface area contributed by atoms with Crippen molar-refractivity contribution in [3.05, 3.63) is 53.7 Å². The number of nitrogens with one attached hydrogen (secondary N) is 1. The first-order valence-electron chi connectivity index (χ1n) is 7.70. The number of carbonyl (C=O) groups excluding carboxylic acids is 1. The van der Waals surface area contributed by atoms with Crippen molar-refractivity contribution in [1.29, 1.82) is 0 Å². The number of rotatable bonds is 3. The topological polar surface area (TPSA) is 116 Å². The van der Waals surface area contributed by atoms with E-state index in [-0.39, 0.29) is 17.6 Å². The van der Waals surface area contributed by atoms with E-state index in [1.165, 1.54) is 12.5 Å². The highest BCUT2D eigenvalue weighted by molar-refractivity contribution is 5.97. The van der Waals surface area contributed by atoms with E-state index in [1.807, 2.05) is 24.3 Å². The summed E-state index contributed by atoms with van der Waals surface area (Å²) in [6, 6.07) is 7.31. The number of fused-ring (bicyclic) bond motifs is 1. The van der Waals surface area contributed by atoms with Gasteiger partial charge in [0, 0.05) is 5.56 Å². The molecule has 1 aliphatic rings. The number of benzene rings is 1. The second kappa shape index (κ2) is 5.90. The monoisotopic (exact) mass is 337 g/mol. The Morgan fingerprint density at radius 3 is 2.96 bits per heavy atom. The molecule has 0 aliphatic carbocycles. The van der Waals surface area contributed by atoms with E-state index >= 15 is 0 Å². The molecule has 8 heteroatoms. The largest absolute Gasteiger partial charge is 0.491 e. The number of hydrogen-bond donors (Lipinski definition) is 2. The van der Waals surface area contributed by atoms with Crippen LogP contribution in [0.4, 0.5) is 5.82 Å². The van der Waals surface area contributed by atoms with Crippen molar-refractivity contribution in [1.82, 2.24) is 20.3 Å². The molecular weight excluding hydrogens is 322 g/mol. The zero-order chi connectivity index (χ0) is 17.4. The van der Waals surface area contributed by atoms with Crippen LogP contribution in [0.2, 0.25) is 0 Å². The summed E-state index contributed by atoms with van der Waals surface area (Å²) in [5, 5.41) is 2.89. The number of nitrogen functional groups attached to an aromatic ring is 1. The van der Waals surface area contributed by atoms with Crippen LogP contribution >= 0.6 is 0 Å². The Balaban J connectivity index is 1.60. The van der Waals surface area contributed by atoms with E-state index < -0.39 is 5.91 Å². The Hall–Kier alpha value is -3.42. The summed E-state index contributed by atoms with van der Waals surface area (Å²) in [7, 11) is 0. The van der Waals surface area contributed by atoms with Crippen LogP contribution in [0.5, 0.6) is 5.75 Å². The molecule has 0 radical (unpaired) electrons. The molecule has 0 bridgehead atoms. The molecule has 1 amide bonds. The lowest BCUT2D eigenvalue weighted by Crippen LogP contribution is -2.31. The van der Waals surface area contributed by atoms with Gasteiger partial charge in [-0.25, -0.2) is 15.0 Å². The molecule has 1 atom stereocenters. The van der Waals surface area contributed by atoms with E-state index in [2.05, 4.69) is 20.3 Å². The third-order valence-electron chi connectivity index (χ3n) is 3.95. The highest BCUT2D eigenvalue weighted by atomic mass is 16.5. The van der Waals surface area contributed by atoms with Gasteiger partial charge in [0.2, 0.25) is 5.89 Å². The number of amides is 1. The Morgan fingerprint density at radius 1 is 1.32 bits per heavy atom. The summed E-state index contributed by atoms with van der Waals surface area (Å²) in [6.07, 6.45) is 2.94. The smallest absolute Gasteiger partial charge is 0.274 e. The molecule has 0 spiro atoms. The number of hydrogen-bond acceptors (Lipinski definition) is 7. The average molecular weight is 337 g/mol. The van der Waals surface area contributed by atoms with Gasteiger partial charge in [-0.1, -0.05) is 18.2 Å². The van der Waals surface area contributed by atoms with Gasteiger partial charge in [0.1, 0.15) is 24.3 Å². The van der Waals surface area contributed by atoms with Gasteiger partial charge in [-0.3, -0.25) is 4.79 Å². The van der Waals surface area contributed by atoms with Crippen molar-refractivity contribution in [3.63, 3.8) is 0 Å². The Labute approximate surface area is 143 Å². The van der Waals surface area contributed by atoms with E-state index in [9.17, 15) is 4.79 Å². The molecule has 3 heterocycles. The molecule has 8 nitrogen and oxygen atoms in total. The lowest BCUT2D eigenvalue weighted by atomic mass is 10.1. The van der Waals surface area contributed by atoms with Gasteiger partial charge in [-0.15, -0.1) is 0 Å². The lowest BCUT2D eigenvalue weighted by Gasteiger charge is -2.13. The van der Waals surface area contributed by atoms with Crippen LogP contribution < -0.4 is 15.8 Å². The second-order valence-electron chi connectivity index (χ2n) is 5.60. The molecule has 4 rings (SSSR count). The number of para-hydroxylation sites is 1. The van der Waals surface area contributed by atoms with Crippen LogP contribution in [0.25, 0.3) is 11.6 Å². The minimum atomic E-state index is -0.405. The average Bonchev–Trinajstić information content (AvgIpc) is 3.27. The van der Waals surface area contributed by atoms with Crippen molar-refractivity contribution in [2.24, 2.45) is 0 Å². The van der Waals surface area contributed by atoms with E-state index in [1.54, 1.807) is 6.92 Å². The molecule has 0 fully saturated rings. The van der Waals surface area contributed by atoms with Crippen LogP contribution in [-0.4, -0.2) is 27.5 Å². The maximum absolute atomic E-state index is 12.6. The van der Waals surface area contributed by atoms with Crippen molar-refractivity contribution in [2.75, 3.05) is 12.3 Å². The number of anilines is 1. The fourth-order valence-corrected chi connectivity index (χ4v) is 2.75. The minimum absolute atomic E-state index is 0.0171. The number of aromatic nitrogens is 3. The van der Waals surface area contributed by atoms with E-state index in [4.69, 9.17) is 14.9 Å². The van der Waals surface area contributed by atoms with Crippen molar-refractivity contribution in [2.45, 2.75) is 13.0 Å². The van der Waals surface area contributed by atoms with E-state index in [0.717, 1.165) is 11.3 Å². The van der Waals surface area contributed by atoms with Gasteiger partial charge in [0.15, 0.2) is 11.5 Å². The zero-order valence-electron chi connectivity index (χ0n) is 13.4. The van der Waals surface area contributed by atoms with Crippen LogP contribution in [0.3, 0.4) is 0 Å². The number of aryl methyl sites for hydroxylation is 1. The summed E-state index contributed by atoms with van der Waals surface area (Å²) in [4.78, 5) is 25.1. The quantitative estimate of drug-likeness (QED) is 0.749. The molecule has 3 N–H and O–H groups in total. The third kappa shape index (κ3) is 2.67. The molecule has 1 aliphatic heterocycles.